The summed E-state index contributed by atoms with van der Waals surface area (Å²) in [4.78, 5) is 31.9. The van der Waals surface area contributed by atoms with Crippen molar-refractivity contribution < 1.29 is 9.59 Å². The number of amides is 3. The van der Waals surface area contributed by atoms with Crippen LogP contribution < -0.4 is 5.32 Å². The zero-order chi connectivity index (χ0) is 21.6. The Morgan fingerprint density at radius 1 is 0.903 bits per heavy atom. The molecule has 1 N–H and O–H groups in total. The van der Waals surface area contributed by atoms with Crippen LogP contribution in [0.3, 0.4) is 0 Å². The van der Waals surface area contributed by atoms with E-state index in [1.165, 1.54) is 5.56 Å². The summed E-state index contributed by atoms with van der Waals surface area (Å²) in [7, 11) is 0. The maximum atomic E-state index is 13.1. The fourth-order valence-corrected chi connectivity index (χ4v) is 4.45. The van der Waals surface area contributed by atoms with E-state index in [0.29, 0.717) is 13.1 Å². The van der Waals surface area contributed by atoms with E-state index in [4.69, 9.17) is 11.6 Å². The molecule has 31 heavy (non-hydrogen) atoms. The second kappa shape index (κ2) is 10.2. The Bertz CT molecular complexity index is 882. The molecule has 2 heterocycles. The summed E-state index contributed by atoms with van der Waals surface area (Å²) < 4.78 is 0. The third-order valence-electron chi connectivity index (χ3n) is 6.09. The first-order valence-corrected chi connectivity index (χ1v) is 11.3. The summed E-state index contributed by atoms with van der Waals surface area (Å²) >= 11 is 5.97. The van der Waals surface area contributed by atoms with Crippen LogP contribution in [0, 0.1) is 5.92 Å². The summed E-state index contributed by atoms with van der Waals surface area (Å²) in [6, 6.07) is 17.3. The quantitative estimate of drug-likeness (QED) is 0.783. The molecule has 0 aliphatic carbocycles. The Morgan fingerprint density at radius 3 is 2.32 bits per heavy atom. The van der Waals surface area contributed by atoms with Crippen molar-refractivity contribution in [1.29, 1.82) is 0 Å². The van der Waals surface area contributed by atoms with Crippen molar-refractivity contribution in [1.82, 2.24) is 14.7 Å². The molecule has 2 aliphatic heterocycles. The summed E-state index contributed by atoms with van der Waals surface area (Å²) in [5, 5.41) is 3.68. The monoisotopic (exact) mass is 440 g/mol. The molecule has 2 saturated heterocycles. The normalized spacial score (nSPS) is 19.8. The van der Waals surface area contributed by atoms with Gasteiger partial charge in [0.25, 0.3) is 0 Å². The third-order valence-corrected chi connectivity index (χ3v) is 6.34. The van der Waals surface area contributed by atoms with Crippen molar-refractivity contribution in [3.8, 4) is 0 Å². The fraction of sp³-hybridized carbons (Fsp3) is 0.417. The molecule has 164 valence electrons. The van der Waals surface area contributed by atoms with E-state index >= 15 is 0 Å². The number of likely N-dealkylation sites (tertiary alicyclic amines) is 1. The number of benzene rings is 2. The van der Waals surface area contributed by atoms with E-state index in [9.17, 15) is 9.59 Å². The molecule has 0 saturated carbocycles. The topological polar surface area (TPSA) is 55.9 Å². The number of urea groups is 1. The van der Waals surface area contributed by atoms with Crippen LogP contribution in [0.5, 0.6) is 0 Å². The number of carbonyl (C=O) groups is 2. The number of anilines is 1. The van der Waals surface area contributed by atoms with Crippen molar-refractivity contribution in [2.45, 2.75) is 19.4 Å². The van der Waals surface area contributed by atoms with Gasteiger partial charge in [-0.05, 0) is 42.7 Å². The minimum atomic E-state index is -0.128. The number of halogens is 1. The van der Waals surface area contributed by atoms with E-state index in [2.05, 4.69) is 22.3 Å². The first-order chi connectivity index (χ1) is 15.1. The van der Waals surface area contributed by atoms with E-state index in [0.717, 1.165) is 56.3 Å². The van der Waals surface area contributed by atoms with Gasteiger partial charge in [-0.25, -0.2) is 4.79 Å². The van der Waals surface area contributed by atoms with Crippen LogP contribution in [-0.4, -0.2) is 65.9 Å². The maximum absolute atomic E-state index is 13.1. The smallest absolute Gasteiger partial charge is 0.321 e. The Hall–Kier alpha value is -2.57. The molecule has 3 amide bonds. The van der Waals surface area contributed by atoms with Crippen molar-refractivity contribution >= 4 is 29.2 Å². The minimum absolute atomic E-state index is 0.113. The molecule has 2 fully saturated rings. The number of rotatable bonds is 4. The van der Waals surface area contributed by atoms with Gasteiger partial charge < -0.3 is 15.1 Å². The molecule has 0 radical (unpaired) electrons. The molecule has 2 aliphatic rings. The van der Waals surface area contributed by atoms with Crippen molar-refractivity contribution in [2.75, 3.05) is 44.6 Å². The lowest BCUT2D eigenvalue weighted by molar-refractivity contribution is -0.138. The van der Waals surface area contributed by atoms with Crippen LogP contribution in [0.1, 0.15) is 18.4 Å². The predicted molar refractivity (Wildman–Crippen MR) is 123 cm³/mol. The highest BCUT2D eigenvalue weighted by Gasteiger charge is 2.32. The average molecular weight is 441 g/mol. The molecule has 6 nitrogen and oxygen atoms in total. The van der Waals surface area contributed by atoms with Crippen LogP contribution in [0.15, 0.2) is 54.6 Å². The van der Waals surface area contributed by atoms with Gasteiger partial charge in [-0.15, -0.1) is 0 Å². The lowest BCUT2D eigenvalue weighted by atomic mass is 9.96. The van der Waals surface area contributed by atoms with Gasteiger partial charge in [-0.3, -0.25) is 9.69 Å². The number of nitrogens with one attached hydrogen (secondary N) is 1. The van der Waals surface area contributed by atoms with Gasteiger partial charge >= 0.3 is 6.03 Å². The number of para-hydroxylation sites is 1. The van der Waals surface area contributed by atoms with Crippen molar-refractivity contribution in [3.05, 3.63) is 65.2 Å². The van der Waals surface area contributed by atoms with Crippen LogP contribution in [0.25, 0.3) is 0 Å². The molecule has 0 spiro atoms. The molecular formula is C24H29ClN4O2. The molecule has 0 bridgehead atoms. The van der Waals surface area contributed by atoms with Crippen LogP contribution >= 0.6 is 11.6 Å². The fourth-order valence-electron chi connectivity index (χ4n) is 4.32. The second-order valence-corrected chi connectivity index (χ2v) is 8.75. The Labute approximate surface area is 188 Å². The number of hydrogen-bond donors (Lipinski definition) is 1. The zero-order valence-corrected chi connectivity index (χ0v) is 18.4. The molecule has 1 atom stereocenters. The van der Waals surface area contributed by atoms with Crippen LogP contribution in [0.2, 0.25) is 5.02 Å². The van der Waals surface area contributed by atoms with Gasteiger partial charge in [0, 0.05) is 56.5 Å². The minimum Gasteiger partial charge on any atom is -0.340 e. The number of piperidine rings is 1. The zero-order valence-electron chi connectivity index (χ0n) is 17.7. The molecule has 2 aromatic carbocycles. The molecule has 4 rings (SSSR count). The van der Waals surface area contributed by atoms with Crippen LogP contribution in [-0.2, 0) is 11.3 Å². The van der Waals surface area contributed by atoms with E-state index in [1.807, 2.05) is 47.4 Å². The summed E-state index contributed by atoms with van der Waals surface area (Å²) in [5.41, 5.74) is 2.01. The van der Waals surface area contributed by atoms with E-state index < -0.39 is 0 Å². The summed E-state index contributed by atoms with van der Waals surface area (Å²) in [5.74, 6) is 0.0708. The number of piperazine rings is 1. The molecule has 0 aromatic heterocycles. The summed E-state index contributed by atoms with van der Waals surface area (Å²) in [6.45, 7) is 5.24. The first-order valence-electron chi connectivity index (χ1n) is 10.9. The standard InChI is InChI=1S/C24H29ClN4O2/c25-21-10-8-19(9-11-21)17-27-13-15-28(16-14-27)23(30)20-5-4-12-29(18-20)24(31)26-22-6-2-1-3-7-22/h1-3,6-11,20H,4-5,12-18H2,(H,26,31)/t20-/m1/s1. The molecule has 0 unspecified atom stereocenters. The summed E-state index contributed by atoms with van der Waals surface area (Å²) in [6.07, 6.45) is 1.70. The van der Waals surface area contributed by atoms with E-state index in [1.54, 1.807) is 4.90 Å². The first kappa shape index (κ1) is 21.7. The average Bonchev–Trinajstić information content (AvgIpc) is 2.81. The molecular weight excluding hydrogens is 412 g/mol. The van der Waals surface area contributed by atoms with Crippen molar-refractivity contribution in [3.63, 3.8) is 0 Å². The largest absolute Gasteiger partial charge is 0.340 e. The Balaban J connectivity index is 1.26. The SMILES string of the molecule is O=C(Nc1ccccc1)N1CCC[C@@H](C(=O)N2CCN(Cc3ccc(Cl)cc3)CC2)C1. The van der Waals surface area contributed by atoms with Gasteiger partial charge in [0.05, 0.1) is 5.92 Å². The third kappa shape index (κ3) is 5.77. The number of nitrogens with zero attached hydrogens (tertiary/aromatic N) is 3. The van der Waals surface area contributed by atoms with Crippen molar-refractivity contribution in [2.24, 2.45) is 5.92 Å². The number of carbonyl (C=O) groups excluding carboxylic acids is 2. The Kier molecular flexibility index (Phi) is 7.10. The van der Waals surface area contributed by atoms with Gasteiger partial charge in [0.1, 0.15) is 0 Å². The van der Waals surface area contributed by atoms with Gasteiger partial charge in [0.15, 0.2) is 0 Å². The van der Waals surface area contributed by atoms with Gasteiger partial charge in [-0.1, -0.05) is 41.9 Å². The highest BCUT2D eigenvalue weighted by molar-refractivity contribution is 6.30. The van der Waals surface area contributed by atoms with Gasteiger partial charge in [0.2, 0.25) is 5.91 Å². The van der Waals surface area contributed by atoms with Gasteiger partial charge in [-0.2, -0.15) is 0 Å². The lowest BCUT2D eigenvalue weighted by Crippen LogP contribution is -2.53. The Morgan fingerprint density at radius 2 is 1.61 bits per heavy atom. The predicted octanol–water partition coefficient (Wildman–Crippen LogP) is 3.93. The maximum Gasteiger partial charge on any atom is 0.321 e. The number of hydrogen-bond acceptors (Lipinski definition) is 3. The lowest BCUT2D eigenvalue weighted by Gasteiger charge is -2.39. The van der Waals surface area contributed by atoms with Crippen LogP contribution in [0.4, 0.5) is 10.5 Å². The van der Waals surface area contributed by atoms with E-state index in [-0.39, 0.29) is 17.9 Å². The highest BCUT2D eigenvalue weighted by Crippen LogP contribution is 2.21. The second-order valence-electron chi connectivity index (χ2n) is 8.31. The molecule has 2 aromatic rings. The molecule has 7 heteroatoms. The highest BCUT2D eigenvalue weighted by atomic mass is 35.5.